The molecular weight excluding hydrogens is 336 g/mol. The van der Waals surface area contributed by atoms with Crippen LogP contribution in [0, 0.1) is 0 Å². The van der Waals surface area contributed by atoms with Crippen molar-refractivity contribution in [3.63, 3.8) is 0 Å². The normalized spacial score (nSPS) is 10.7. The predicted octanol–water partition coefficient (Wildman–Crippen LogP) is 4.21. The number of halogens is 2. The third kappa shape index (κ3) is 2.52. The van der Waals surface area contributed by atoms with Gasteiger partial charge in [0.2, 0.25) is 11.8 Å². The molecule has 0 atom stereocenters. The average molecular weight is 346 g/mol. The van der Waals surface area contributed by atoms with Crippen LogP contribution in [-0.2, 0) is 6.42 Å². The van der Waals surface area contributed by atoms with Crippen molar-refractivity contribution < 1.29 is 4.42 Å². The van der Waals surface area contributed by atoms with Crippen LogP contribution < -0.4 is 0 Å². The van der Waals surface area contributed by atoms with E-state index in [9.17, 15) is 0 Å². The summed E-state index contributed by atoms with van der Waals surface area (Å²) < 4.78 is 7.51. The predicted molar refractivity (Wildman–Crippen MR) is 69.1 cm³/mol. The SMILES string of the molecule is CCCc1nnc(-c2cc(Br)ccc2Br)o1. The highest BCUT2D eigenvalue weighted by molar-refractivity contribution is 9.11. The van der Waals surface area contributed by atoms with Gasteiger partial charge in [-0.2, -0.15) is 0 Å². The van der Waals surface area contributed by atoms with Gasteiger partial charge < -0.3 is 4.42 Å². The van der Waals surface area contributed by atoms with Gasteiger partial charge in [0.1, 0.15) is 0 Å². The largest absolute Gasteiger partial charge is 0.421 e. The molecule has 0 saturated carbocycles. The summed E-state index contributed by atoms with van der Waals surface area (Å²) >= 11 is 6.89. The van der Waals surface area contributed by atoms with Gasteiger partial charge in [0.25, 0.3) is 0 Å². The smallest absolute Gasteiger partial charge is 0.248 e. The average Bonchev–Trinajstić information content (AvgIpc) is 2.71. The minimum Gasteiger partial charge on any atom is -0.421 e. The summed E-state index contributed by atoms with van der Waals surface area (Å²) in [5, 5.41) is 8.04. The van der Waals surface area contributed by atoms with Gasteiger partial charge in [0, 0.05) is 15.4 Å². The fourth-order valence-corrected chi connectivity index (χ4v) is 2.12. The second-order valence-electron chi connectivity index (χ2n) is 3.38. The van der Waals surface area contributed by atoms with Crippen molar-refractivity contribution in [1.82, 2.24) is 10.2 Å². The molecule has 0 amide bonds. The standard InChI is InChI=1S/C11H10Br2N2O/c1-2-3-10-14-15-11(16-10)8-6-7(12)4-5-9(8)13/h4-6H,2-3H2,1H3. The summed E-state index contributed by atoms with van der Waals surface area (Å²) in [5.41, 5.74) is 0.907. The van der Waals surface area contributed by atoms with Gasteiger partial charge in [0.15, 0.2) is 0 Å². The Hall–Kier alpha value is -0.680. The highest BCUT2D eigenvalue weighted by Gasteiger charge is 2.11. The molecule has 0 fully saturated rings. The summed E-state index contributed by atoms with van der Waals surface area (Å²) in [4.78, 5) is 0. The van der Waals surface area contributed by atoms with E-state index in [0.717, 1.165) is 27.4 Å². The van der Waals surface area contributed by atoms with Crippen LogP contribution in [0.2, 0.25) is 0 Å². The lowest BCUT2D eigenvalue weighted by molar-refractivity contribution is 0.502. The number of rotatable bonds is 3. The Labute approximate surface area is 111 Å². The number of aromatic nitrogens is 2. The van der Waals surface area contributed by atoms with Crippen molar-refractivity contribution >= 4 is 31.9 Å². The third-order valence-electron chi connectivity index (χ3n) is 2.09. The van der Waals surface area contributed by atoms with E-state index in [1.807, 2.05) is 18.2 Å². The minimum atomic E-state index is 0.552. The van der Waals surface area contributed by atoms with Crippen molar-refractivity contribution in [3.05, 3.63) is 33.0 Å². The summed E-state index contributed by atoms with van der Waals surface area (Å²) in [6, 6.07) is 5.85. The van der Waals surface area contributed by atoms with Crippen molar-refractivity contribution in [2.75, 3.05) is 0 Å². The number of hydrogen-bond donors (Lipinski definition) is 0. The zero-order chi connectivity index (χ0) is 11.5. The first-order valence-electron chi connectivity index (χ1n) is 4.98. The molecule has 2 rings (SSSR count). The van der Waals surface area contributed by atoms with Gasteiger partial charge in [-0.25, -0.2) is 0 Å². The molecule has 3 nitrogen and oxygen atoms in total. The Morgan fingerprint density at radius 1 is 1.25 bits per heavy atom. The fraction of sp³-hybridized carbons (Fsp3) is 0.273. The molecule has 0 aliphatic heterocycles. The lowest BCUT2D eigenvalue weighted by Gasteiger charge is -1.99. The Morgan fingerprint density at radius 2 is 2.06 bits per heavy atom. The molecule has 84 valence electrons. The van der Waals surface area contributed by atoms with Crippen LogP contribution in [0.25, 0.3) is 11.5 Å². The molecule has 0 saturated heterocycles. The molecule has 16 heavy (non-hydrogen) atoms. The van der Waals surface area contributed by atoms with Crippen molar-refractivity contribution in [2.45, 2.75) is 19.8 Å². The molecule has 1 aromatic carbocycles. The molecule has 0 N–H and O–H groups in total. The Morgan fingerprint density at radius 3 is 2.81 bits per heavy atom. The van der Waals surface area contributed by atoms with Crippen LogP contribution >= 0.6 is 31.9 Å². The van der Waals surface area contributed by atoms with E-state index >= 15 is 0 Å². The van der Waals surface area contributed by atoms with Crippen LogP contribution in [-0.4, -0.2) is 10.2 Å². The second-order valence-corrected chi connectivity index (χ2v) is 5.15. The first-order valence-corrected chi connectivity index (χ1v) is 6.57. The third-order valence-corrected chi connectivity index (χ3v) is 3.27. The van der Waals surface area contributed by atoms with Crippen molar-refractivity contribution in [3.8, 4) is 11.5 Å². The molecule has 1 heterocycles. The summed E-state index contributed by atoms with van der Waals surface area (Å²) in [7, 11) is 0. The number of hydrogen-bond acceptors (Lipinski definition) is 3. The van der Waals surface area contributed by atoms with Crippen LogP contribution in [0.3, 0.4) is 0 Å². The topological polar surface area (TPSA) is 38.9 Å². The van der Waals surface area contributed by atoms with Crippen molar-refractivity contribution in [2.24, 2.45) is 0 Å². The van der Waals surface area contributed by atoms with Gasteiger partial charge in [-0.15, -0.1) is 10.2 Å². The quantitative estimate of drug-likeness (QED) is 0.836. The molecule has 0 bridgehead atoms. The molecule has 2 aromatic rings. The van der Waals surface area contributed by atoms with Gasteiger partial charge in [-0.3, -0.25) is 0 Å². The highest BCUT2D eigenvalue weighted by atomic mass is 79.9. The molecule has 0 aliphatic carbocycles. The highest BCUT2D eigenvalue weighted by Crippen LogP contribution is 2.30. The van der Waals surface area contributed by atoms with E-state index in [1.54, 1.807) is 0 Å². The van der Waals surface area contributed by atoms with Crippen LogP contribution in [0.5, 0.6) is 0 Å². The summed E-state index contributed by atoms with van der Waals surface area (Å²) in [6.07, 6.45) is 1.82. The van der Waals surface area contributed by atoms with E-state index in [-0.39, 0.29) is 0 Å². The maximum atomic E-state index is 5.57. The van der Waals surface area contributed by atoms with E-state index in [4.69, 9.17) is 4.42 Å². The number of aryl methyl sites for hydroxylation is 1. The summed E-state index contributed by atoms with van der Waals surface area (Å²) in [5.74, 6) is 1.24. The molecule has 0 radical (unpaired) electrons. The number of benzene rings is 1. The molecule has 0 unspecified atom stereocenters. The molecule has 1 aromatic heterocycles. The Balaban J connectivity index is 2.38. The Bertz CT molecular complexity index is 496. The Kier molecular flexibility index (Phi) is 3.76. The molecule has 0 aliphatic rings. The van der Waals surface area contributed by atoms with Crippen molar-refractivity contribution in [1.29, 1.82) is 0 Å². The van der Waals surface area contributed by atoms with Gasteiger partial charge >= 0.3 is 0 Å². The van der Waals surface area contributed by atoms with E-state index < -0.39 is 0 Å². The van der Waals surface area contributed by atoms with Gasteiger partial charge in [0.05, 0.1) is 5.56 Å². The zero-order valence-corrected chi connectivity index (χ0v) is 11.9. The zero-order valence-electron chi connectivity index (χ0n) is 8.70. The van der Waals surface area contributed by atoms with E-state index in [0.29, 0.717) is 11.8 Å². The van der Waals surface area contributed by atoms with Gasteiger partial charge in [-0.1, -0.05) is 22.9 Å². The lowest BCUT2D eigenvalue weighted by Crippen LogP contribution is -1.80. The van der Waals surface area contributed by atoms with E-state index in [2.05, 4.69) is 49.0 Å². The maximum Gasteiger partial charge on any atom is 0.248 e. The number of nitrogens with zero attached hydrogens (tertiary/aromatic N) is 2. The van der Waals surface area contributed by atoms with Gasteiger partial charge in [-0.05, 0) is 40.5 Å². The molecule has 5 heteroatoms. The first kappa shape index (κ1) is 11.8. The fourth-order valence-electron chi connectivity index (χ4n) is 1.34. The minimum absolute atomic E-state index is 0.552. The second kappa shape index (κ2) is 5.10. The lowest BCUT2D eigenvalue weighted by atomic mass is 10.2. The summed E-state index contributed by atoms with van der Waals surface area (Å²) in [6.45, 7) is 2.08. The van der Waals surface area contributed by atoms with Crippen LogP contribution in [0.1, 0.15) is 19.2 Å². The molecule has 0 spiro atoms. The first-order chi connectivity index (χ1) is 7.70. The monoisotopic (exact) mass is 344 g/mol. The van der Waals surface area contributed by atoms with E-state index in [1.165, 1.54) is 0 Å². The maximum absolute atomic E-state index is 5.57. The molecular formula is C11H10Br2N2O. The van der Waals surface area contributed by atoms with Crippen LogP contribution in [0.15, 0.2) is 31.6 Å². The van der Waals surface area contributed by atoms with Crippen LogP contribution in [0.4, 0.5) is 0 Å².